The van der Waals surface area contributed by atoms with Gasteiger partial charge in [0.15, 0.2) is 6.79 Å². The van der Waals surface area contributed by atoms with Crippen molar-refractivity contribution in [2.24, 2.45) is 7.05 Å². The van der Waals surface area contributed by atoms with Crippen LogP contribution >= 0.6 is 11.6 Å². The summed E-state index contributed by atoms with van der Waals surface area (Å²) in [7, 11) is 1.80. The van der Waals surface area contributed by atoms with Gasteiger partial charge in [-0.3, -0.25) is 9.48 Å². The van der Waals surface area contributed by atoms with Crippen molar-refractivity contribution >= 4 is 23.3 Å². The molecule has 1 aromatic carbocycles. The van der Waals surface area contributed by atoms with Crippen LogP contribution in [0.3, 0.4) is 0 Å². The van der Waals surface area contributed by atoms with Crippen molar-refractivity contribution in [3.05, 3.63) is 40.0 Å². The Morgan fingerprint density at radius 2 is 2.27 bits per heavy atom. The molecule has 114 valence electrons. The van der Waals surface area contributed by atoms with Crippen LogP contribution in [0.25, 0.3) is 0 Å². The van der Waals surface area contributed by atoms with Crippen LogP contribution in [-0.2, 0) is 23.2 Å². The molecule has 6 nitrogen and oxygen atoms in total. The lowest BCUT2D eigenvalue weighted by Gasteiger charge is -2.28. The van der Waals surface area contributed by atoms with Crippen molar-refractivity contribution in [3.63, 3.8) is 0 Å². The topological polar surface area (TPSA) is 65.4 Å². The van der Waals surface area contributed by atoms with Gasteiger partial charge in [-0.05, 0) is 12.1 Å². The van der Waals surface area contributed by atoms with Gasteiger partial charge in [-0.15, -0.1) is 0 Å². The normalized spacial score (nSPS) is 19.9. The number of halogens is 1. The zero-order valence-electron chi connectivity index (χ0n) is 11.9. The molecule has 0 saturated carbocycles. The van der Waals surface area contributed by atoms with Crippen LogP contribution in [0.15, 0.2) is 18.3 Å². The van der Waals surface area contributed by atoms with Gasteiger partial charge < -0.3 is 14.8 Å². The van der Waals surface area contributed by atoms with Gasteiger partial charge in [-0.2, -0.15) is 5.10 Å². The number of carbonyl (C=O) groups excluding carboxylic acids is 1. The van der Waals surface area contributed by atoms with Crippen LogP contribution in [0.1, 0.15) is 29.0 Å². The molecule has 22 heavy (non-hydrogen) atoms. The van der Waals surface area contributed by atoms with Crippen LogP contribution in [0.4, 0.5) is 5.82 Å². The van der Waals surface area contributed by atoms with Gasteiger partial charge in [0.05, 0.1) is 12.8 Å². The Balaban J connectivity index is 1.89. The van der Waals surface area contributed by atoms with E-state index in [1.165, 1.54) is 0 Å². The summed E-state index contributed by atoms with van der Waals surface area (Å²) in [6.45, 7) is 0.669. The summed E-state index contributed by atoms with van der Waals surface area (Å²) in [6.07, 6.45) is 2.13. The molecule has 0 aliphatic carbocycles. The third-order valence-electron chi connectivity index (χ3n) is 4.07. The van der Waals surface area contributed by atoms with Crippen molar-refractivity contribution < 1.29 is 14.3 Å². The van der Waals surface area contributed by atoms with Gasteiger partial charge in [0.25, 0.3) is 0 Å². The highest BCUT2D eigenvalue weighted by molar-refractivity contribution is 6.30. The number of aromatic nitrogens is 2. The number of aryl methyl sites for hydroxylation is 1. The summed E-state index contributed by atoms with van der Waals surface area (Å²) in [5.41, 5.74) is 2.79. The average molecular weight is 320 g/mol. The summed E-state index contributed by atoms with van der Waals surface area (Å²) >= 11 is 6.24. The lowest BCUT2D eigenvalue weighted by atomic mass is 9.85. The van der Waals surface area contributed by atoms with Crippen molar-refractivity contribution in [1.29, 1.82) is 0 Å². The highest BCUT2D eigenvalue weighted by atomic mass is 35.5. The van der Waals surface area contributed by atoms with E-state index >= 15 is 0 Å². The number of hydrogen-bond donors (Lipinski definition) is 1. The van der Waals surface area contributed by atoms with Crippen molar-refractivity contribution in [3.8, 4) is 5.75 Å². The highest BCUT2D eigenvalue weighted by Gasteiger charge is 2.32. The minimum atomic E-state index is -0.122. The van der Waals surface area contributed by atoms with E-state index in [9.17, 15) is 4.79 Å². The maximum Gasteiger partial charge on any atom is 0.226 e. The van der Waals surface area contributed by atoms with Crippen molar-refractivity contribution in [1.82, 2.24) is 9.78 Å². The number of rotatable bonds is 1. The van der Waals surface area contributed by atoms with E-state index in [0.717, 1.165) is 28.3 Å². The Labute approximate surface area is 132 Å². The molecule has 0 radical (unpaired) electrons. The number of fused-ring (bicyclic) bond motifs is 2. The third-order valence-corrected chi connectivity index (χ3v) is 4.29. The number of nitrogens with one attached hydrogen (secondary N) is 1. The SMILES string of the molecule is Cn1ncc2c1NC(=O)C[C@H]2c1cc(Cl)cc2c1OCOC2. The Bertz CT molecular complexity index is 772. The van der Waals surface area contributed by atoms with E-state index in [1.54, 1.807) is 17.9 Å². The minimum absolute atomic E-state index is 0.0399. The Morgan fingerprint density at radius 3 is 3.14 bits per heavy atom. The van der Waals surface area contributed by atoms with Crippen LogP contribution < -0.4 is 10.1 Å². The molecule has 4 rings (SSSR count). The smallest absolute Gasteiger partial charge is 0.226 e. The van der Waals surface area contributed by atoms with E-state index < -0.39 is 0 Å². The van der Waals surface area contributed by atoms with E-state index in [-0.39, 0.29) is 18.6 Å². The average Bonchev–Trinajstić information content (AvgIpc) is 2.87. The lowest BCUT2D eigenvalue weighted by Crippen LogP contribution is -2.25. The molecule has 0 spiro atoms. The summed E-state index contributed by atoms with van der Waals surface area (Å²) in [4.78, 5) is 12.1. The molecule has 0 bridgehead atoms. The second-order valence-electron chi connectivity index (χ2n) is 5.47. The van der Waals surface area contributed by atoms with E-state index in [0.29, 0.717) is 18.1 Å². The predicted octanol–water partition coefficient (Wildman–Crippen LogP) is 2.41. The van der Waals surface area contributed by atoms with Gasteiger partial charge in [0, 0.05) is 41.1 Å². The zero-order valence-corrected chi connectivity index (χ0v) is 12.7. The first-order chi connectivity index (χ1) is 10.6. The maximum atomic E-state index is 12.1. The van der Waals surface area contributed by atoms with E-state index in [4.69, 9.17) is 21.1 Å². The number of benzene rings is 1. The first-order valence-electron chi connectivity index (χ1n) is 6.98. The molecule has 3 heterocycles. The largest absolute Gasteiger partial charge is 0.467 e. The molecule has 0 fully saturated rings. The van der Waals surface area contributed by atoms with Crippen LogP contribution in [0.2, 0.25) is 5.02 Å². The number of anilines is 1. The van der Waals surface area contributed by atoms with Crippen molar-refractivity contribution in [2.75, 3.05) is 12.1 Å². The van der Waals surface area contributed by atoms with Crippen LogP contribution in [-0.4, -0.2) is 22.5 Å². The first-order valence-corrected chi connectivity index (χ1v) is 7.36. The quantitative estimate of drug-likeness (QED) is 0.876. The standard InChI is InChI=1S/C15H14ClN3O3/c1-19-15-12(5-17-19)10(4-13(20)18-15)11-3-9(16)2-8-6-21-7-22-14(8)11/h2-3,5,10H,4,6-7H2,1H3,(H,18,20)/t10-/m0/s1. The van der Waals surface area contributed by atoms with Gasteiger partial charge in [0.1, 0.15) is 11.6 Å². The summed E-state index contributed by atoms with van der Waals surface area (Å²) in [5.74, 6) is 1.33. The second kappa shape index (κ2) is 5.00. The maximum absolute atomic E-state index is 12.1. The molecule has 1 aromatic heterocycles. The fourth-order valence-corrected chi connectivity index (χ4v) is 3.34. The Kier molecular flexibility index (Phi) is 3.09. The Morgan fingerprint density at radius 1 is 1.41 bits per heavy atom. The number of amides is 1. The summed E-state index contributed by atoms with van der Waals surface area (Å²) < 4.78 is 12.7. The fraction of sp³-hybridized carbons (Fsp3) is 0.333. The van der Waals surface area contributed by atoms with Crippen molar-refractivity contribution in [2.45, 2.75) is 18.9 Å². The fourth-order valence-electron chi connectivity index (χ4n) is 3.09. The first kappa shape index (κ1) is 13.6. The van der Waals surface area contributed by atoms with Crippen LogP contribution in [0.5, 0.6) is 5.75 Å². The molecule has 2 aromatic rings. The van der Waals surface area contributed by atoms with Gasteiger partial charge in [0.2, 0.25) is 5.91 Å². The Hall–Kier alpha value is -2.05. The summed E-state index contributed by atoms with van der Waals surface area (Å²) in [6, 6.07) is 3.71. The number of ether oxygens (including phenoxy) is 2. The molecular formula is C15H14ClN3O3. The molecule has 0 unspecified atom stereocenters. The molecule has 7 heteroatoms. The second-order valence-corrected chi connectivity index (χ2v) is 5.91. The summed E-state index contributed by atoms with van der Waals surface area (Å²) in [5, 5.41) is 7.72. The number of carbonyl (C=O) groups is 1. The number of nitrogens with zero attached hydrogens (tertiary/aromatic N) is 2. The predicted molar refractivity (Wildman–Crippen MR) is 80.0 cm³/mol. The number of hydrogen-bond acceptors (Lipinski definition) is 4. The molecule has 1 atom stereocenters. The molecule has 1 N–H and O–H groups in total. The molecule has 1 amide bonds. The van der Waals surface area contributed by atoms with Crippen LogP contribution in [0, 0.1) is 0 Å². The van der Waals surface area contributed by atoms with E-state index in [1.807, 2.05) is 12.1 Å². The van der Waals surface area contributed by atoms with E-state index in [2.05, 4.69) is 10.4 Å². The lowest BCUT2D eigenvalue weighted by molar-refractivity contribution is -0.116. The van der Waals surface area contributed by atoms with Gasteiger partial charge in [-0.1, -0.05) is 11.6 Å². The highest BCUT2D eigenvalue weighted by Crippen LogP contribution is 2.43. The molecule has 2 aliphatic heterocycles. The zero-order chi connectivity index (χ0) is 15.3. The monoisotopic (exact) mass is 319 g/mol. The van der Waals surface area contributed by atoms with Gasteiger partial charge in [-0.25, -0.2) is 0 Å². The minimum Gasteiger partial charge on any atom is -0.467 e. The van der Waals surface area contributed by atoms with Gasteiger partial charge >= 0.3 is 0 Å². The molecular weight excluding hydrogens is 306 g/mol. The molecule has 0 saturated heterocycles. The molecule has 2 aliphatic rings. The third kappa shape index (κ3) is 2.07.